The number of benzene rings is 1. The van der Waals surface area contributed by atoms with E-state index in [1.54, 1.807) is 6.20 Å². The van der Waals surface area contributed by atoms with Gasteiger partial charge in [0.05, 0.1) is 17.8 Å². The van der Waals surface area contributed by atoms with Crippen LogP contribution in [0.1, 0.15) is 41.1 Å². The van der Waals surface area contributed by atoms with E-state index in [4.69, 9.17) is 0 Å². The van der Waals surface area contributed by atoms with Crippen molar-refractivity contribution < 1.29 is 14.7 Å². The van der Waals surface area contributed by atoms with Crippen molar-refractivity contribution in [1.29, 1.82) is 0 Å². The van der Waals surface area contributed by atoms with Gasteiger partial charge in [-0.3, -0.25) is 9.89 Å². The van der Waals surface area contributed by atoms with Crippen molar-refractivity contribution in [3.63, 3.8) is 0 Å². The Morgan fingerprint density at radius 3 is 2.92 bits per heavy atom. The Balaban J connectivity index is 1.59. The average molecular weight is 404 g/mol. The number of carbonyl (C=O) groups excluding carboxylic acids is 1. The third-order valence-electron chi connectivity index (χ3n) is 5.37. The van der Waals surface area contributed by atoms with E-state index < -0.39 is 11.5 Å². The summed E-state index contributed by atoms with van der Waals surface area (Å²) >= 11 is 3.45. The molecule has 0 saturated heterocycles. The van der Waals surface area contributed by atoms with Gasteiger partial charge in [-0.25, -0.2) is 4.79 Å². The number of aliphatic carboxylic acids is 1. The molecule has 0 aliphatic heterocycles. The fraction of sp³-hybridized carbons (Fsp3) is 0.389. The Bertz CT molecular complexity index is 863. The highest BCUT2D eigenvalue weighted by atomic mass is 79.9. The molecule has 0 fully saturated rings. The topological polar surface area (TPSA) is 95.1 Å². The SMILES string of the molecule is O=C(NC1(C(=O)O)CCc2cc(Br)ccc2C1)C1CCc2cn[nH]c21. The molecule has 1 aromatic heterocycles. The Kier molecular flexibility index (Phi) is 3.91. The highest BCUT2D eigenvalue weighted by Crippen LogP contribution is 2.34. The second kappa shape index (κ2) is 5.98. The summed E-state index contributed by atoms with van der Waals surface area (Å²) in [4.78, 5) is 24.9. The number of aromatic nitrogens is 2. The summed E-state index contributed by atoms with van der Waals surface area (Å²) in [5, 5.41) is 19.6. The minimum Gasteiger partial charge on any atom is -0.479 e. The van der Waals surface area contributed by atoms with Gasteiger partial charge < -0.3 is 10.4 Å². The summed E-state index contributed by atoms with van der Waals surface area (Å²) in [6, 6.07) is 5.87. The van der Waals surface area contributed by atoms with E-state index in [1.165, 1.54) is 0 Å². The fourth-order valence-corrected chi connectivity index (χ4v) is 4.36. The standard InChI is InChI=1S/C18H18BrN3O3/c19-13-3-1-11-8-18(17(24)25,6-5-10(11)7-13)21-16(23)14-4-2-12-9-20-22-15(12)14/h1,3,7,9,14H,2,4-6,8H2,(H,20,22)(H,21,23)(H,24,25). The molecule has 0 bridgehead atoms. The van der Waals surface area contributed by atoms with Crippen LogP contribution in [0.25, 0.3) is 0 Å². The van der Waals surface area contributed by atoms with E-state index in [-0.39, 0.29) is 11.8 Å². The number of halogens is 1. The predicted octanol–water partition coefficient (Wildman–Crippen LogP) is 2.33. The van der Waals surface area contributed by atoms with Crippen LogP contribution in [-0.2, 0) is 28.9 Å². The molecule has 2 aliphatic carbocycles. The molecule has 0 radical (unpaired) electrons. The average Bonchev–Trinajstić information content (AvgIpc) is 3.18. The Hall–Kier alpha value is -2.15. The number of hydrogen-bond acceptors (Lipinski definition) is 3. The molecule has 6 nitrogen and oxygen atoms in total. The van der Waals surface area contributed by atoms with Crippen LogP contribution >= 0.6 is 15.9 Å². The van der Waals surface area contributed by atoms with Gasteiger partial charge in [0.15, 0.2) is 0 Å². The first kappa shape index (κ1) is 16.3. The van der Waals surface area contributed by atoms with Crippen LogP contribution in [0.2, 0.25) is 0 Å². The molecule has 130 valence electrons. The zero-order valence-corrected chi connectivity index (χ0v) is 15.1. The van der Waals surface area contributed by atoms with E-state index in [0.29, 0.717) is 25.7 Å². The van der Waals surface area contributed by atoms with Gasteiger partial charge in [0.25, 0.3) is 0 Å². The molecule has 2 aromatic rings. The highest BCUT2D eigenvalue weighted by molar-refractivity contribution is 9.10. The number of H-pyrrole nitrogens is 1. The van der Waals surface area contributed by atoms with Gasteiger partial charge in [0.2, 0.25) is 5.91 Å². The number of carboxylic acid groups (broad SMARTS) is 1. The number of hydrogen-bond donors (Lipinski definition) is 3. The first-order valence-electron chi connectivity index (χ1n) is 8.33. The van der Waals surface area contributed by atoms with E-state index >= 15 is 0 Å². The molecule has 0 saturated carbocycles. The van der Waals surface area contributed by atoms with Crippen molar-refractivity contribution in [2.24, 2.45) is 0 Å². The minimum atomic E-state index is -1.25. The smallest absolute Gasteiger partial charge is 0.329 e. The van der Waals surface area contributed by atoms with Crippen LogP contribution in [0.5, 0.6) is 0 Å². The Morgan fingerprint density at radius 1 is 1.28 bits per heavy atom. The lowest BCUT2D eigenvalue weighted by Crippen LogP contribution is -2.58. The van der Waals surface area contributed by atoms with E-state index in [9.17, 15) is 14.7 Å². The Morgan fingerprint density at radius 2 is 2.12 bits per heavy atom. The van der Waals surface area contributed by atoms with Gasteiger partial charge in [0.1, 0.15) is 5.54 Å². The van der Waals surface area contributed by atoms with Crippen LogP contribution < -0.4 is 5.32 Å². The molecular weight excluding hydrogens is 386 g/mol. The first-order valence-corrected chi connectivity index (χ1v) is 9.13. The summed E-state index contributed by atoms with van der Waals surface area (Å²) in [7, 11) is 0. The number of aromatic amines is 1. The van der Waals surface area contributed by atoms with Gasteiger partial charge in [-0.05, 0) is 54.5 Å². The second-order valence-corrected chi connectivity index (χ2v) is 7.78. The van der Waals surface area contributed by atoms with Crippen molar-refractivity contribution in [3.05, 3.63) is 51.3 Å². The van der Waals surface area contributed by atoms with Crippen LogP contribution in [0.3, 0.4) is 0 Å². The van der Waals surface area contributed by atoms with Crippen molar-refractivity contribution in [1.82, 2.24) is 15.5 Å². The van der Waals surface area contributed by atoms with Crippen LogP contribution in [-0.4, -0.2) is 32.7 Å². The monoisotopic (exact) mass is 403 g/mol. The molecule has 2 atom stereocenters. The number of rotatable bonds is 3. The molecule has 2 aliphatic rings. The van der Waals surface area contributed by atoms with Crippen molar-refractivity contribution in [2.45, 2.75) is 43.6 Å². The fourth-order valence-electron chi connectivity index (χ4n) is 3.96. The lowest BCUT2D eigenvalue weighted by atomic mass is 9.77. The third kappa shape index (κ3) is 2.76. The van der Waals surface area contributed by atoms with Gasteiger partial charge in [-0.1, -0.05) is 22.0 Å². The van der Waals surface area contributed by atoms with E-state index in [2.05, 4.69) is 31.4 Å². The van der Waals surface area contributed by atoms with Gasteiger partial charge >= 0.3 is 5.97 Å². The number of fused-ring (bicyclic) bond motifs is 2. The zero-order valence-electron chi connectivity index (χ0n) is 13.5. The molecule has 3 N–H and O–H groups in total. The first-order chi connectivity index (χ1) is 12.0. The molecule has 0 spiro atoms. The number of amides is 1. The number of carboxylic acids is 1. The quantitative estimate of drug-likeness (QED) is 0.732. The molecule has 4 rings (SSSR count). The summed E-state index contributed by atoms with van der Waals surface area (Å²) in [6.45, 7) is 0. The molecule has 1 aromatic carbocycles. The van der Waals surface area contributed by atoms with Crippen molar-refractivity contribution >= 4 is 27.8 Å². The van der Waals surface area contributed by atoms with Crippen molar-refractivity contribution in [2.75, 3.05) is 0 Å². The maximum atomic E-state index is 12.8. The Labute approximate surface area is 153 Å². The molecular formula is C18H18BrN3O3. The maximum absolute atomic E-state index is 12.8. The molecule has 1 heterocycles. The molecule has 25 heavy (non-hydrogen) atoms. The number of aryl methyl sites for hydroxylation is 2. The summed E-state index contributed by atoms with van der Waals surface area (Å²) < 4.78 is 0.982. The summed E-state index contributed by atoms with van der Waals surface area (Å²) in [5.74, 6) is -1.55. The highest BCUT2D eigenvalue weighted by Gasteiger charge is 2.44. The second-order valence-electron chi connectivity index (χ2n) is 6.87. The largest absolute Gasteiger partial charge is 0.479 e. The van der Waals surface area contributed by atoms with Crippen LogP contribution in [0.15, 0.2) is 28.9 Å². The van der Waals surface area contributed by atoms with Crippen LogP contribution in [0, 0.1) is 0 Å². The van der Waals surface area contributed by atoms with E-state index in [0.717, 1.165) is 33.3 Å². The lowest BCUT2D eigenvalue weighted by Gasteiger charge is -2.36. The van der Waals surface area contributed by atoms with Gasteiger partial charge in [-0.15, -0.1) is 0 Å². The summed E-state index contributed by atoms with van der Waals surface area (Å²) in [5.41, 5.74) is 2.73. The predicted molar refractivity (Wildman–Crippen MR) is 94.3 cm³/mol. The third-order valence-corrected chi connectivity index (χ3v) is 5.87. The van der Waals surface area contributed by atoms with Crippen LogP contribution in [0.4, 0.5) is 0 Å². The molecule has 7 heteroatoms. The number of nitrogens with one attached hydrogen (secondary N) is 2. The van der Waals surface area contributed by atoms with E-state index in [1.807, 2.05) is 18.2 Å². The minimum absolute atomic E-state index is 0.231. The van der Waals surface area contributed by atoms with Crippen molar-refractivity contribution in [3.8, 4) is 0 Å². The number of nitrogens with zero attached hydrogens (tertiary/aromatic N) is 1. The normalized spacial score (nSPS) is 24.4. The number of carbonyl (C=O) groups is 2. The lowest BCUT2D eigenvalue weighted by molar-refractivity contribution is -0.148. The maximum Gasteiger partial charge on any atom is 0.329 e. The van der Waals surface area contributed by atoms with Gasteiger partial charge in [0, 0.05) is 10.9 Å². The zero-order chi connectivity index (χ0) is 17.6. The summed E-state index contributed by atoms with van der Waals surface area (Å²) in [6.07, 6.45) is 4.54. The molecule has 1 amide bonds. The molecule has 2 unspecified atom stereocenters. The van der Waals surface area contributed by atoms with Gasteiger partial charge in [-0.2, -0.15) is 5.10 Å².